The zero-order valence-electron chi connectivity index (χ0n) is 16.0. The van der Waals surface area contributed by atoms with Crippen molar-refractivity contribution >= 4 is 17.3 Å². The molecule has 1 aliphatic rings. The molecule has 0 saturated heterocycles. The second-order valence-corrected chi connectivity index (χ2v) is 7.01. The van der Waals surface area contributed by atoms with E-state index in [1.807, 2.05) is 48.5 Å². The molecular formula is C24H24N2O2. The molecule has 1 aliphatic heterocycles. The lowest BCUT2D eigenvalue weighted by Crippen LogP contribution is -2.28. The third-order valence-electron chi connectivity index (χ3n) is 5.15. The summed E-state index contributed by atoms with van der Waals surface area (Å²) < 4.78 is 5.29. The number of benzene rings is 3. The third-order valence-corrected chi connectivity index (χ3v) is 5.15. The van der Waals surface area contributed by atoms with Crippen LogP contribution in [0.2, 0.25) is 0 Å². The average molecular weight is 372 g/mol. The van der Waals surface area contributed by atoms with Gasteiger partial charge in [0.25, 0.3) is 5.91 Å². The van der Waals surface area contributed by atoms with Gasteiger partial charge in [0, 0.05) is 24.3 Å². The van der Waals surface area contributed by atoms with Crippen molar-refractivity contribution in [3.8, 4) is 5.75 Å². The van der Waals surface area contributed by atoms with Crippen LogP contribution in [0, 0.1) is 0 Å². The van der Waals surface area contributed by atoms with Gasteiger partial charge in [-0.2, -0.15) is 0 Å². The van der Waals surface area contributed by atoms with E-state index < -0.39 is 0 Å². The number of nitrogens with zero attached hydrogens (tertiary/aromatic N) is 1. The second-order valence-electron chi connectivity index (χ2n) is 7.01. The average Bonchev–Trinajstić information content (AvgIpc) is 2.75. The first kappa shape index (κ1) is 18.1. The first-order chi connectivity index (χ1) is 13.7. The molecule has 0 aromatic heterocycles. The van der Waals surface area contributed by atoms with Crippen LogP contribution in [0.4, 0.5) is 11.4 Å². The molecule has 0 aliphatic carbocycles. The smallest absolute Gasteiger partial charge is 0.255 e. The van der Waals surface area contributed by atoms with Gasteiger partial charge in [-0.15, -0.1) is 0 Å². The summed E-state index contributed by atoms with van der Waals surface area (Å²) in [6.45, 7) is 1.92. The Morgan fingerprint density at radius 2 is 1.75 bits per heavy atom. The molecular weight excluding hydrogens is 348 g/mol. The van der Waals surface area contributed by atoms with Crippen molar-refractivity contribution in [3.63, 3.8) is 0 Å². The molecule has 1 amide bonds. The Morgan fingerprint density at radius 3 is 2.57 bits per heavy atom. The summed E-state index contributed by atoms with van der Waals surface area (Å²) in [6.07, 6.45) is 2.32. The summed E-state index contributed by atoms with van der Waals surface area (Å²) in [7, 11) is 1.60. The molecule has 3 aromatic rings. The van der Waals surface area contributed by atoms with Crippen molar-refractivity contribution < 1.29 is 9.53 Å². The topological polar surface area (TPSA) is 41.6 Å². The Balaban J connectivity index is 1.45. The summed E-state index contributed by atoms with van der Waals surface area (Å²) in [5, 5.41) is 2.92. The van der Waals surface area contributed by atoms with Crippen molar-refractivity contribution in [2.75, 3.05) is 23.9 Å². The minimum atomic E-state index is -0.139. The number of para-hydroxylation sites is 3. The lowest BCUT2D eigenvalue weighted by molar-refractivity contribution is 0.102. The summed E-state index contributed by atoms with van der Waals surface area (Å²) in [5.74, 6) is 0.510. The van der Waals surface area contributed by atoms with Gasteiger partial charge in [-0.1, -0.05) is 42.5 Å². The highest BCUT2D eigenvalue weighted by Crippen LogP contribution is 2.28. The summed E-state index contributed by atoms with van der Waals surface area (Å²) >= 11 is 0. The van der Waals surface area contributed by atoms with Crippen molar-refractivity contribution in [1.29, 1.82) is 0 Å². The van der Waals surface area contributed by atoms with E-state index in [-0.39, 0.29) is 5.91 Å². The molecule has 4 rings (SSSR count). The zero-order chi connectivity index (χ0) is 19.3. The molecule has 0 atom stereocenters. The third kappa shape index (κ3) is 3.86. The number of nitrogens with one attached hydrogen (secondary N) is 1. The number of carbonyl (C=O) groups is 1. The summed E-state index contributed by atoms with van der Waals surface area (Å²) in [5.41, 5.74) is 5.25. The van der Waals surface area contributed by atoms with Crippen LogP contribution in [-0.4, -0.2) is 19.6 Å². The predicted octanol–water partition coefficient (Wildman–Crippen LogP) is 4.90. The van der Waals surface area contributed by atoms with E-state index in [9.17, 15) is 4.79 Å². The maximum absolute atomic E-state index is 12.6. The molecule has 1 N–H and O–H groups in total. The number of anilines is 2. The Morgan fingerprint density at radius 1 is 1.00 bits per heavy atom. The van der Waals surface area contributed by atoms with E-state index in [0.29, 0.717) is 17.0 Å². The minimum absolute atomic E-state index is 0.139. The van der Waals surface area contributed by atoms with Gasteiger partial charge in [-0.05, 0) is 54.3 Å². The lowest BCUT2D eigenvalue weighted by Gasteiger charge is -2.31. The van der Waals surface area contributed by atoms with E-state index in [4.69, 9.17) is 4.74 Å². The number of rotatable bonds is 5. The van der Waals surface area contributed by atoms with Gasteiger partial charge >= 0.3 is 0 Å². The summed E-state index contributed by atoms with van der Waals surface area (Å²) in [4.78, 5) is 15.0. The Kier molecular flexibility index (Phi) is 5.29. The van der Waals surface area contributed by atoms with E-state index in [2.05, 4.69) is 34.5 Å². The van der Waals surface area contributed by atoms with E-state index in [1.54, 1.807) is 7.11 Å². The molecule has 4 nitrogen and oxygen atoms in total. The fourth-order valence-corrected chi connectivity index (χ4v) is 3.70. The molecule has 3 aromatic carbocycles. The summed E-state index contributed by atoms with van der Waals surface area (Å²) in [6, 6.07) is 23.9. The maximum Gasteiger partial charge on any atom is 0.255 e. The first-order valence-electron chi connectivity index (χ1n) is 9.61. The van der Waals surface area contributed by atoms with Gasteiger partial charge in [0.15, 0.2) is 0 Å². The van der Waals surface area contributed by atoms with Crippen LogP contribution in [0.15, 0.2) is 72.8 Å². The van der Waals surface area contributed by atoms with Gasteiger partial charge in [-0.3, -0.25) is 4.79 Å². The van der Waals surface area contributed by atoms with E-state index >= 15 is 0 Å². The number of carbonyl (C=O) groups excluding carboxylic acids is 1. The van der Waals surface area contributed by atoms with Crippen LogP contribution in [0.5, 0.6) is 5.75 Å². The number of ether oxygens (including phenoxy) is 1. The van der Waals surface area contributed by atoms with Gasteiger partial charge in [-0.25, -0.2) is 0 Å². The van der Waals surface area contributed by atoms with Crippen LogP contribution >= 0.6 is 0 Å². The fraction of sp³-hybridized carbons (Fsp3) is 0.208. The molecule has 0 spiro atoms. The number of hydrogen-bond donors (Lipinski definition) is 1. The number of fused-ring (bicyclic) bond motifs is 1. The number of methoxy groups -OCH3 is 1. The van der Waals surface area contributed by atoms with Crippen LogP contribution in [0.25, 0.3) is 0 Å². The molecule has 0 saturated carbocycles. The SMILES string of the molecule is COc1ccccc1NC(=O)c1ccc(CN2CCCc3ccccc32)cc1. The predicted molar refractivity (Wildman–Crippen MR) is 113 cm³/mol. The quantitative estimate of drug-likeness (QED) is 0.693. The van der Waals surface area contributed by atoms with E-state index in [1.165, 1.54) is 23.2 Å². The largest absolute Gasteiger partial charge is 0.495 e. The van der Waals surface area contributed by atoms with Gasteiger partial charge < -0.3 is 15.0 Å². The van der Waals surface area contributed by atoms with Crippen LogP contribution < -0.4 is 15.0 Å². The Bertz CT molecular complexity index is 966. The fourth-order valence-electron chi connectivity index (χ4n) is 3.70. The maximum atomic E-state index is 12.6. The highest BCUT2D eigenvalue weighted by Gasteiger charge is 2.16. The molecule has 0 bridgehead atoms. The highest BCUT2D eigenvalue weighted by molar-refractivity contribution is 6.05. The number of hydrogen-bond acceptors (Lipinski definition) is 3. The monoisotopic (exact) mass is 372 g/mol. The molecule has 0 radical (unpaired) electrons. The first-order valence-corrected chi connectivity index (χ1v) is 9.61. The van der Waals surface area contributed by atoms with Crippen LogP contribution in [0.3, 0.4) is 0 Å². The number of aryl methyl sites for hydroxylation is 1. The van der Waals surface area contributed by atoms with Gasteiger partial charge in [0.1, 0.15) is 5.75 Å². The molecule has 1 heterocycles. The molecule has 0 fully saturated rings. The highest BCUT2D eigenvalue weighted by atomic mass is 16.5. The Hall–Kier alpha value is -3.27. The van der Waals surface area contributed by atoms with Crippen molar-refractivity contribution in [1.82, 2.24) is 0 Å². The van der Waals surface area contributed by atoms with Crippen molar-refractivity contribution in [3.05, 3.63) is 89.5 Å². The minimum Gasteiger partial charge on any atom is -0.495 e. The normalized spacial score (nSPS) is 13.0. The van der Waals surface area contributed by atoms with Crippen molar-refractivity contribution in [2.24, 2.45) is 0 Å². The van der Waals surface area contributed by atoms with Crippen LogP contribution in [0.1, 0.15) is 27.9 Å². The standard InChI is InChI=1S/C24H24N2O2/c1-28-23-11-5-3-9-21(23)25-24(27)20-14-12-18(13-15-20)17-26-16-6-8-19-7-2-4-10-22(19)26/h2-5,7,9-15H,6,8,16-17H2,1H3,(H,25,27). The van der Waals surface area contributed by atoms with Crippen LogP contribution in [-0.2, 0) is 13.0 Å². The number of amides is 1. The molecule has 4 heteroatoms. The van der Waals surface area contributed by atoms with E-state index in [0.717, 1.165) is 19.5 Å². The van der Waals surface area contributed by atoms with Gasteiger partial charge in [0.05, 0.1) is 12.8 Å². The van der Waals surface area contributed by atoms with Crippen molar-refractivity contribution in [2.45, 2.75) is 19.4 Å². The zero-order valence-corrected chi connectivity index (χ0v) is 16.0. The van der Waals surface area contributed by atoms with Gasteiger partial charge in [0.2, 0.25) is 0 Å². The molecule has 28 heavy (non-hydrogen) atoms. The molecule has 142 valence electrons. The molecule has 0 unspecified atom stereocenters. The second kappa shape index (κ2) is 8.17. The lowest BCUT2D eigenvalue weighted by atomic mass is 10.0. The Labute approximate surface area is 165 Å².